The third kappa shape index (κ3) is 5.09. The number of nitrogens with zero attached hydrogens (tertiary/aromatic N) is 5. The van der Waals surface area contributed by atoms with Crippen molar-refractivity contribution < 1.29 is 27.6 Å². The van der Waals surface area contributed by atoms with Crippen LogP contribution in [0.1, 0.15) is 47.7 Å². The Morgan fingerprint density at radius 1 is 1.02 bits per heavy atom. The Morgan fingerprint density at radius 2 is 1.75 bits per heavy atom. The van der Waals surface area contributed by atoms with Gasteiger partial charge in [0.15, 0.2) is 5.78 Å². The van der Waals surface area contributed by atoms with E-state index in [1.807, 2.05) is 19.9 Å². The highest BCUT2D eigenvalue weighted by Crippen LogP contribution is 2.33. The quantitative estimate of drug-likeness (QED) is 0.445. The maximum atomic E-state index is 13.7. The van der Waals surface area contributed by atoms with Gasteiger partial charge in [-0.05, 0) is 43.0 Å². The number of amides is 2. The van der Waals surface area contributed by atoms with Crippen LogP contribution < -0.4 is 5.32 Å². The van der Waals surface area contributed by atoms with Crippen LogP contribution >= 0.6 is 0 Å². The van der Waals surface area contributed by atoms with E-state index < -0.39 is 57.4 Å². The summed E-state index contributed by atoms with van der Waals surface area (Å²) >= 11 is 0. The minimum atomic E-state index is -4.55. The fourth-order valence-corrected chi connectivity index (χ4v) is 6.73. The first-order valence-electron chi connectivity index (χ1n) is 12.9. The molecule has 0 radical (unpaired) electrons. The van der Waals surface area contributed by atoms with Gasteiger partial charge in [0.2, 0.25) is 5.91 Å². The van der Waals surface area contributed by atoms with E-state index in [9.17, 15) is 27.6 Å². The number of nitrogens with one attached hydrogen (secondary N) is 1. The largest absolute Gasteiger partial charge is 0.339 e. The molecule has 4 heterocycles. The summed E-state index contributed by atoms with van der Waals surface area (Å²) in [5.41, 5.74) is 0.947. The highest BCUT2D eigenvalue weighted by Gasteiger charge is 2.55. The standard InChI is InChI=1S/C27H28N6O6S/c1-16(2)13-20(31-25(35)21-14-29-17-7-3-4-8-18(17)30-21)26(36)32-12-10-22-24(32)23(34)15-33(22)40(38,39)27(37)19-9-5-6-11-28-19/h3-9,11,14,16,20,22,24H,10,12-13,15H2,1-2H3,(H,31,35). The maximum absolute atomic E-state index is 13.7. The van der Waals surface area contributed by atoms with Crippen molar-refractivity contribution in [3.63, 3.8) is 0 Å². The number of carbonyl (C=O) groups excluding carboxylic acids is 4. The fourth-order valence-electron chi connectivity index (χ4n) is 5.25. The topological polar surface area (TPSA) is 160 Å². The number of rotatable bonds is 7. The van der Waals surface area contributed by atoms with Crippen LogP contribution in [0, 0.1) is 5.92 Å². The van der Waals surface area contributed by atoms with Gasteiger partial charge in [0.05, 0.1) is 29.8 Å². The zero-order valence-corrected chi connectivity index (χ0v) is 22.7. The van der Waals surface area contributed by atoms with Crippen molar-refractivity contribution in [3.05, 3.63) is 66.2 Å². The van der Waals surface area contributed by atoms with Gasteiger partial charge in [-0.1, -0.05) is 32.0 Å². The highest BCUT2D eigenvalue weighted by molar-refractivity contribution is 8.04. The van der Waals surface area contributed by atoms with E-state index in [1.54, 1.807) is 24.3 Å². The van der Waals surface area contributed by atoms with Crippen LogP contribution in [0.3, 0.4) is 0 Å². The molecule has 1 aromatic carbocycles. The van der Waals surface area contributed by atoms with Crippen molar-refractivity contribution in [3.8, 4) is 0 Å². The SMILES string of the molecule is CC(C)CC(NC(=O)c1cnc2ccccc2n1)C(=O)N1CCC2C1C(=O)CN2S(=O)(=O)C(=O)c1ccccn1. The Kier molecular flexibility index (Phi) is 7.43. The zero-order valence-electron chi connectivity index (χ0n) is 21.9. The van der Waals surface area contributed by atoms with E-state index in [4.69, 9.17) is 0 Å². The summed E-state index contributed by atoms with van der Waals surface area (Å²) in [5.74, 6) is -1.55. The summed E-state index contributed by atoms with van der Waals surface area (Å²) in [6.45, 7) is 3.37. The molecule has 2 amide bonds. The highest BCUT2D eigenvalue weighted by atomic mass is 32.2. The van der Waals surface area contributed by atoms with E-state index in [-0.39, 0.29) is 36.7 Å². The first-order chi connectivity index (χ1) is 19.1. The predicted octanol–water partition coefficient (Wildman–Crippen LogP) is 1.19. The lowest BCUT2D eigenvalue weighted by Crippen LogP contribution is -2.53. The van der Waals surface area contributed by atoms with Gasteiger partial charge in [-0.3, -0.25) is 29.1 Å². The van der Waals surface area contributed by atoms with Crippen molar-refractivity contribution >= 4 is 43.8 Å². The van der Waals surface area contributed by atoms with Crippen LogP contribution in [-0.4, -0.2) is 86.5 Å². The number of hydrogen-bond acceptors (Lipinski definition) is 9. The number of Topliss-reactive ketones (excluding diaryl/α,β-unsaturated/α-hetero) is 1. The molecule has 0 saturated carbocycles. The third-order valence-electron chi connectivity index (χ3n) is 7.07. The Bertz CT molecular complexity index is 1600. The molecule has 3 unspecified atom stereocenters. The first kappa shape index (κ1) is 27.5. The molecular formula is C27H28N6O6S. The first-order valence-corrected chi connectivity index (χ1v) is 14.3. The van der Waals surface area contributed by atoms with Crippen LogP contribution in [0.25, 0.3) is 11.0 Å². The molecule has 5 rings (SSSR count). The monoisotopic (exact) mass is 564 g/mol. The summed E-state index contributed by atoms with van der Waals surface area (Å²) in [5, 5.41) is 1.54. The van der Waals surface area contributed by atoms with Crippen LogP contribution in [0.15, 0.2) is 54.9 Å². The average molecular weight is 565 g/mol. The van der Waals surface area contributed by atoms with E-state index in [1.165, 1.54) is 29.4 Å². The van der Waals surface area contributed by atoms with Crippen molar-refractivity contribution in [2.24, 2.45) is 5.92 Å². The number of carbonyl (C=O) groups is 4. The molecule has 0 aliphatic carbocycles. The number of pyridine rings is 1. The summed E-state index contributed by atoms with van der Waals surface area (Å²) in [4.78, 5) is 66.5. The molecule has 1 N–H and O–H groups in total. The zero-order chi connectivity index (χ0) is 28.6. The Hall–Kier alpha value is -4.10. The molecular weight excluding hydrogens is 536 g/mol. The number of sulfonamides is 1. The molecule has 208 valence electrons. The molecule has 3 aromatic rings. The third-order valence-corrected chi connectivity index (χ3v) is 8.76. The van der Waals surface area contributed by atoms with Gasteiger partial charge >= 0.3 is 5.12 Å². The molecule has 2 aliphatic rings. The summed E-state index contributed by atoms with van der Waals surface area (Å²) < 4.78 is 27.2. The second-order valence-electron chi connectivity index (χ2n) is 10.3. The number of hydrogen-bond donors (Lipinski definition) is 1. The number of para-hydroxylation sites is 2. The van der Waals surface area contributed by atoms with E-state index in [0.29, 0.717) is 11.0 Å². The number of likely N-dealkylation sites (tertiary alicyclic amines) is 1. The van der Waals surface area contributed by atoms with Crippen LogP contribution in [0.5, 0.6) is 0 Å². The molecule has 2 aromatic heterocycles. The number of aromatic nitrogens is 3. The molecule has 13 heteroatoms. The van der Waals surface area contributed by atoms with Gasteiger partial charge in [0, 0.05) is 12.7 Å². The van der Waals surface area contributed by atoms with Crippen molar-refractivity contribution in [1.29, 1.82) is 0 Å². The Labute approximate surface area is 230 Å². The minimum absolute atomic E-state index is 0.0162. The smallest absolute Gasteiger partial charge is 0.310 e. The van der Waals surface area contributed by atoms with Gasteiger partial charge in [-0.15, -0.1) is 0 Å². The molecule has 0 spiro atoms. The normalized spacial score (nSPS) is 20.1. The molecule has 0 bridgehead atoms. The van der Waals surface area contributed by atoms with E-state index in [2.05, 4.69) is 20.3 Å². The molecule has 3 atom stereocenters. The van der Waals surface area contributed by atoms with Crippen molar-refractivity contribution in [1.82, 2.24) is 29.5 Å². The lowest BCUT2D eigenvalue weighted by atomic mass is 10.0. The Balaban J connectivity index is 1.35. The summed E-state index contributed by atoms with van der Waals surface area (Å²) in [6.07, 6.45) is 3.11. The fraction of sp³-hybridized carbons (Fsp3) is 0.370. The van der Waals surface area contributed by atoms with Crippen LogP contribution in [0.2, 0.25) is 0 Å². The number of ketones is 1. The van der Waals surface area contributed by atoms with Gasteiger partial charge in [0.1, 0.15) is 23.5 Å². The van der Waals surface area contributed by atoms with Crippen molar-refractivity contribution in [2.45, 2.75) is 44.8 Å². The van der Waals surface area contributed by atoms with Crippen molar-refractivity contribution in [2.75, 3.05) is 13.1 Å². The summed E-state index contributed by atoms with van der Waals surface area (Å²) in [7, 11) is -4.55. The second-order valence-corrected chi connectivity index (χ2v) is 12.0. The van der Waals surface area contributed by atoms with E-state index in [0.717, 1.165) is 4.31 Å². The maximum Gasteiger partial charge on any atom is 0.310 e. The number of benzene rings is 1. The van der Waals surface area contributed by atoms with E-state index >= 15 is 0 Å². The van der Waals surface area contributed by atoms with Gasteiger partial charge in [0.25, 0.3) is 15.9 Å². The second kappa shape index (κ2) is 10.8. The molecule has 12 nitrogen and oxygen atoms in total. The van der Waals surface area contributed by atoms with Crippen LogP contribution in [-0.2, 0) is 19.6 Å². The molecule has 2 fully saturated rings. The molecule has 2 aliphatic heterocycles. The summed E-state index contributed by atoms with van der Waals surface area (Å²) in [6, 6.07) is 8.51. The lowest BCUT2D eigenvalue weighted by Gasteiger charge is -2.29. The van der Waals surface area contributed by atoms with Gasteiger partial charge < -0.3 is 10.2 Å². The lowest BCUT2D eigenvalue weighted by molar-refractivity contribution is -0.138. The Morgan fingerprint density at radius 3 is 2.45 bits per heavy atom. The minimum Gasteiger partial charge on any atom is -0.339 e. The molecule has 40 heavy (non-hydrogen) atoms. The number of fused-ring (bicyclic) bond motifs is 2. The van der Waals surface area contributed by atoms with Gasteiger partial charge in [-0.25, -0.2) is 13.4 Å². The predicted molar refractivity (Wildman–Crippen MR) is 143 cm³/mol. The van der Waals surface area contributed by atoms with Gasteiger partial charge in [-0.2, -0.15) is 4.31 Å². The molecule has 2 saturated heterocycles. The van der Waals surface area contributed by atoms with Crippen LogP contribution in [0.4, 0.5) is 0 Å². The average Bonchev–Trinajstić information content (AvgIpc) is 3.53.